The molecule has 108 valence electrons. The average Bonchev–Trinajstić information content (AvgIpc) is 2.46. The van der Waals surface area contributed by atoms with Gasteiger partial charge in [-0.3, -0.25) is 0 Å². The summed E-state index contributed by atoms with van der Waals surface area (Å²) < 4.78 is 0. The Balaban J connectivity index is 3.27. The van der Waals surface area contributed by atoms with E-state index in [0.29, 0.717) is 18.0 Å². The second kappa shape index (κ2) is 7.01. The molecule has 2 atom stereocenters. The predicted molar refractivity (Wildman–Crippen MR) is 86.0 cm³/mol. The zero-order valence-corrected chi connectivity index (χ0v) is 12.4. The van der Waals surface area contributed by atoms with E-state index in [-0.39, 0.29) is 6.04 Å². The molecule has 0 fully saturated rings. The highest BCUT2D eigenvalue weighted by molar-refractivity contribution is 5.97. The SMILES string of the molecule is C=CC(=C)/N=C(\N=C\C)C(O)(CC)C1NC=CC=C1C. The minimum atomic E-state index is -1.20. The number of rotatable bonds is 5. The number of amidine groups is 1. The highest BCUT2D eigenvalue weighted by atomic mass is 16.3. The molecule has 4 nitrogen and oxygen atoms in total. The van der Waals surface area contributed by atoms with Crippen molar-refractivity contribution in [3.05, 3.63) is 48.9 Å². The van der Waals surface area contributed by atoms with Crippen LogP contribution in [0.15, 0.2) is 58.8 Å². The maximum atomic E-state index is 11.1. The summed E-state index contributed by atoms with van der Waals surface area (Å²) in [5.74, 6) is 0.341. The van der Waals surface area contributed by atoms with Crippen LogP contribution in [0.2, 0.25) is 0 Å². The van der Waals surface area contributed by atoms with Crippen molar-refractivity contribution < 1.29 is 5.11 Å². The minimum Gasteiger partial charge on any atom is -0.381 e. The van der Waals surface area contributed by atoms with E-state index in [4.69, 9.17) is 0 Å². The molecule has 0 aliphatic carbocycles. The molecule has 2 unspecified atom stereocenters. The molecular weight excluding hydrogens is 250 g/mol. The number of nitrogens with one attached hydrogen (secondary N) is 1. The first-order chi connectivity index (χ1) is 9.49. The van der Waals surface area contributed by atoms with Crippen LogP contribution in [0.3, 0.4) is 0 Å². The molecule has 0 spiro atoms. The molecule has 0 aromatic carbocycles. The van der Waals surface area contributed by atoms with E-state index < -0.39 is 5.60 Å². The molecule has 0 saturated heterocycles. The van der Waals surface area contributed by atoms with Crippen molar-refractivity contribution in [3.63, 3.8) is 0 Å². The van der Waals surface area contributed by atoms with Crippen molar-refractivity contribution in [1.82, 2.24) is 5.32 Å². The fourth-order valence-electron chi connectivity index (χ4n) is 2.13. The first-order valence-electron chi connectivity index (χ1n) is 6.70. The van der Waals surface area contributed by atoms with E-state index in [1.807, 2.05) is 32.2 Å². The molecule has 1 aliphatic heterocycles. The molecule has 0 aromatic heterocycles. The van der Waals surface area contributed by atoms with Crippen molar-refractivity contribution in [2.24, 2.45) is 9.98 Å². The van der Waals surface area contributed by atoms with Gasteiger partial charge < -0.3 is 10.4 Å². The molecule has 2 N–H and O–H groups in total. The van der Waals surface area contributed by atoms with E-state index >= 15 is 0 Å². The van der Waals surface area contributed by atoms with Crippen LogP contribution in [0.1, 0.15) is 27.2 Å². The van der Waals surface area contributed by atoms with Gasteiger partial charge in [-0.1, -0.05) is 26.2 Å². The Labute approximate surface area is 121 Å². The smallest absolute Gasteiger partial charge is 0.162 e. The van der Waals surface area contributed by atoms with Gasteiger partial charge in [0.15, 0.2) is 5.84 Å². The number of aliphatic hydroxyl groups is 1. The Kier molecular flexibility index (Phi) is 5.65. The van der Waals surface area contributed by atoms with Gasteiger partial charge >= 0.3 is 0 Å². The lowest BCUT2D eigenvalue weighted by Gasteiger charge is -2.37. The molecule has 1 aliphatic rings. The van der Waals surface area contributed by atoms with Gasteiger partial charge in [-0.25, -0.2) is 9.98 Å². The molecule has 0 aromatic rings. The molecule has 0 radical (unpaired) electrons. The van der Waals surface area contributed by atoms with Crippen LogP contribution in [0.4, 0.5) is 0 Å². The van der Waals surface area contributed by atoms with Crippen molar-refractivity contribution in [2.45, 2.75) is 38.8 Å². The minimum absolute atomic E-state index is 0.266. The first-order valence-corrected chi connectivity index (χ1v) is 6.70. The molecule has 1 rings (SSSR count). The maximum absolute atomic E-state index is 11.1. The normalized spacial score (nSPS) is 22.1. The second-order valence-corrected chi connectivity index (χ2v) is 4.67. The molecule has 4 heteroatoms. The Morgan fingerprint density at radius 2 is 2.30 bits per heavy atom. The van der Waals surface area contributed by atoms with Crippen LogP contribution in [-0.4, -0.2) is 28.8 Å². The summed E-state index contributed by atoms with van der Waals surface area (Å²) in [6, 6.07) is -0.266. The van der Waals surface area contributed by atoms with Gasteiger partial charge in [-0.2, -0.15) is 0 Å². The Bertz CT molecular complexity index is 500. The predicted octanol–water partition coefficient (Wildman–Crippen LogP) is 2.75. The zero-order valence-electron chi connectivity index (χ0n) is 12.4. The van der Waals surface area contributed by atoms with Crippen molar-refractivity contribution >= 4 is 12.1 Å². The summed E-state index contributed by atoms with van der Waals surface area (Å²) in [5.41, 5.74) is 0.301. The fraction of sp³-hybridized carbons (Fsp3) is 0.375. The quantitative estimate of drug-likeness (QED) is 0.460. The van der Waals surface area contributed by atoms with Gasteiger partial charge in [0.2, 0.25) is 0 Å². The van der Waals surface area contributed by atoms with Crippen LogP contribution in [0, 0.1) is 0 Å². The Hall–Kier alpha value is -1.94. The van der Waals surface area contributed by atoms with E-state index in [9.17, 15) is 5.11 Å². The van der Waals surface area contributed by atoms with Gasteiger partial charge in [0.05, 0.1) is 11.7 Å². The summed E-state index contributed by atoms with van der Waals surface area (Å²) in [7, 11) is 0. The van der Waals surface area contributed by atoms with E-state index in [0.717, 1.165) is 5.57 Å². The number of nitrogens with zero attached hydrogens (tertiary/aromatic N) is 2. The number of dihydropyridines is 1. The molecule has 20 heavy (non-hydrogen) atoms. The molecule has 0 saturated carbocycles. The topological polar surface area (TPSA) is 57.0 Å². The highest BCUT2D eigenvalue weighted by Crippen LogP contribution is 2.26. The number of allylic oxidation sites excluding steroid dienone is 3. The lowest BCUT2D eigenvalue weighted by atomic mass is 9.84. The molecule has 0 amide bonds. The van der Waals surface area contributed by atoms with Gasteiger partial charge in [0, 0.05) is 6.21 Å². The Morgan fingerprint density at radius 3 is 2.80 bits per heavy atom. The zero-order chi connectivity index (χ0) is 15.2. The van der Waals surface area contributed by atoms with E-state index in [1.165, 1.54) is 6.08 Å². The highest BCUT2D eigenvalue weighted by Gasteiger charge is 2.41. The lowest BCUT2D eigenvalue weighted by Crippen LogP contribution is -2.55. The molecular formula is C16H23N3O. The van der Waals surface area contributed by atoms with Gasteiger partial charge in [0.25, 0.3) is 0 Å². The second-order valence-electron chi connectivity index (χ2n) is 4.67. The van der Waals surface area contributed by atoms with Gasteiger partial charge in [0.1, 0.15) is 5.60 Å². The summed E-state index contributed by atoms with van der Waals surface area (Å²) in [6.07, 6.45) is 9.33. The number of hydrogen-bond donors (Lipinski definition) is 2. The largest absolute Gasteiger partial charge is 0.381 e. The third-order valence-electron chi connectivity index (χ3n) is 3.31. The molecule has 0 bridgehead atoms. The first kappa shape index (κ1) is 16.1. The van der Waals surface area contributed by atoms with E-state index in [2.05, 4.69) is 28.5 Å². The van der Waals surface area contributed by atoms with Crippen molar-refractivity contribution in [3.8, 4) is 0 Å². The summed E-state index contributed by atoms with van der Waals surface area (Å²) in [4.78, 5) is 8.54. The van der Waals surface area contributed by atoms with Crippen molar-refractivity contribution in [1.29, 1.82) is 0 Å². The monoisotopic (exact) mass is 273 g/mol. The number of aliphatic imine (C=N–C) groups is 2. The number of hydrogen-bond acceptors (Lipinski definition) is 3. The van der Waals surface area contributed by atoms with E-state index in [1.54, 1.807) is 13.1 Å². The van der Waals surface area contributed by atoms with Crippen molar-refractivity contribution in [2.75, 3.05) is 0 Å². The van der Waals surface area contributed by atoms with Crippen LogP contribution in [-0.2, 0) is 0 Å². The summed E-state index contributed by atoms with van der Waals surface area (Å²) >= 11 is 0. The average molecular weight is 273 g/mol. The van der Waals surface area contributed by atoms with Crippen LogP contribution in [0.25, 0.3) is 0 Å². The lowest BCUT2D eigenvalue weighted by molar-refractivity contribution is 0.0801. The molecule has 1 heterocycles. The van der Waals surface area contributed by atoms with Crippen LogP contribution in [0.5, 0.6) is 0 Å². The Morgan fingerprint density at radius 1 is 1.60 bits per heavy atom. The summed E-state index contributed by atoms with van der Waals surface area (Å²) in [6.45, 7) is 13.1. The standard InChI is InChI=1S/C16H23N3O/c1-6-13(5)19-15(17-8-3)16(20,7-2)14-12(4)10-9-11-18-14/h6,8-11,14,18,20H,1,5,7H2,2-4H3/b17-8+,19-15-. The third kappa shape index (κ3) is 3.33. The van der Waals surface area contributed by atoms with Gasteiger partial charge in [-0.15, -0.1) is 0 Å². The fourth-order valence-corrected chi connectivity index (χ4v) is 2.13. The third-order valence-corrected chi connectivity index (χ3v) is 3.31. The van der Waals surface area contributed by atoms with Gasteiger partial charge in [-0.05, 0) is 44.2 Å². The van der Waals surface area contributed by atoms with Crippen LogP contribution >= 0.6 is 0 Å². The van der Waals surface area contributed by atoms with Crippen LogP contribution < -0.4 is 5.32 Å². The summed E-state index contributed by atoms with van der Waals surface area (Å²) in [5, 5.41) is 14.3. The maximum Gasteiger partial charge on any atom is 0.162 e.